The van der Waals surface area contributed by atoms with E-state index in [9.17, 15) is 5.11 Å². The van der Waals surface area contributed by atoms with Gasteiger partial charge in [-0.25, -0.2) is 0 Å². The molecule has 6 heteroatoms. The lowest BCUT2D eigenvalue weighted by atomic mass is 9.68. The Hall–Kier alpha value is -1.60. The van der Waals surface area contributed by atoms with Crippen molar-refractivity contribution in [3.63, 3.8) is 0 Å². The van der Waals surface area contributed by atoms with Crippen LogP contribution in [0.15, 0.2) is 18.2 Å². The van der Waals surface area contributed by atoms with Crippen molar-refractivity contribution >= 4 is 0 Å². The second kappa shape index (κ2) is 7.58. The molecule has 3 heterocycles. The molecule has 1 N–H and O–H groups in total. The summed E-state index contributed by atoms with van der Waals surface area (Å²) in [6.45, 7) is 10.1. The highest BCUT2D eigenvalue weighted by atomic mass is 16.5. The van der Waals surface area contributed by atoms with Gasteiger partial charge in [-0.2, -0.15) is 0 Å². The first-order chi connectivity index (χ1) is 14.1. The zero-order valence-electron chi connectivity index (χ0n) is 17.5. The molecular weight excluding hydrogens is 368 g/mol. The summed E-state index contributed by atoms with van der Waals surface area (Å²) >= 11 is 0. The topological polar surface area (TPSA) is 54.4 Å². The van der Waals surface area contributed by atoms with E-state index in [0.29, 0.717) is 6.42 Å². The predicted molar refractivity (Wildman–Crippen MR) is 111 cm³/mol. The summed E-state index contributed by atoms with van der Waals surface area (Å²) in [4.78, 5) is 5.10. The second-order valence-electron chi connectivity index (χ2n) is 8.87. The molecule has 5 rings (SSSR count). The van der Waals surface area contributed by atoms with Crippen LogP contribution in [0.25, 0.3) is 0 Å². The average molecular weight is 401 g/mol. The Morgan fingerprint density at radius 1 is 1.21 bits per heavy atom. The largest absolute Gasteiger partial charge is 0.493 e. The number of aliphatic hydroxyl groups excluding tert-OH is 1. The molecule has 3 atom stereocenters. The molecule has 6 nitrogen and oxygen atoms in total. The quantitative estimate of drug-likeness (QED) is 0.779. The van der Waals surface area contributed by atoms with Crippen LogP contribution in [-0.2, 0) is 16.7 Å². The second-order valence-corrected chi connectivity index (χ2v) is 8.87. The maximum Gasteiger partial charge on any atom is 0.166 e. The number of nitrogens with zero attached hydrogens (tertiary/aromatic N) is 2. The number of morpholine rings is 1. The first kappa shape index (κ1) is 19.4. The van der Waals surface area contributed by atoms with Crippen LogP contribution < -0.4 is 9.47 Å². The number of rotatable bonds is 4. The van der Waals surface area contributed by atoms with Crippen molar-refractivity contribution < 1.29 is 19.3 Å². The highest BCUT2D eigenvalue weighted by Gasteiger charge is 2.53. The molecule has 1 aromatic rings. The molecule has 1 aromatic carbocycles. The van der Waals surface area contributed by atoms with Crippen molar-refractivity contribution in [3.8, 4) is 11.5 Å². The van der Waals surface area contributed by atoms with Gasteiger partial charge in [-0.15, -0.1) is 0 Å². The predicted octanol–water partition coefficient (Wildman–Crippen LogP) is 1.86. The molecule has 1 saturated heterocycles. The summed E-state index contributed by atoms with van der Waals surface area (Å²) in [5.74, 6) is 1.71. The summed E-state index contributed by atoms with van der Waals surface area (Å²) in [6, 6.07) is 2.12. The fourth-order valence-electron chi connectivity index (χ4n) is 5.52. The van der Waals surface area contributed by atoms with Crippen LogP contribution in [0.5, 0.6) is 11.5 Å². The molecule has 3 aliphatic heterocycles. The van der Waals surface area contributed by atoms with Gasteiger partial charge in [0.25, 0.3) is 0 Å². The summed E-state index contributed by atoms with van der Waals surface area (Å²) in [7, 11) is 1.71. The molecule has 0 unspecified atom stereocenters. The Labute approximate surface area is 173 Å². The number of hydrogen-bond donors (Lipinski definition) is 1. The summed E-state index contributed by atoms with van der Waals surface area (Å²) in [5.41, 5.74) is 3.79. The zero-order chi connectivity index (χ0) is 20.0. The SMILES string of the molecule is COc1cc(C)c2c3c1O[C@H]1C[C@@H](O)C=C[C@]31CCN(CCN1CCOCC1)C2. The fourth-order valence-corrected chi connectivity index (χ4v) is 5.52. The lowest BCUT2D eigenvalue weighted by molar-refractivity contribution is 0.0322. The number of aryl methyl sites for hydroxylation is 1. The monoisotopic (exact) mass is 400 g/mol. The number of hydrogen-bond acceptors (Lipinski definition) is 6. The molecule has 0 saturated carbocycles. The minimum absolute atomic E-state index is 0.0221. The molecule has 0 amide bonds. The van der Waals surface area contributed by atoms with E-state index in [1.54, 1.807) is 7.11 Å². The van der Waals surface area contributed by atoms with Crippen molar-refractivity contribution in [2.75, 3.05) is 53.0 Å². The van der Waals surface area contributed by atoms with Gasteiger partial charge in [0, 0.05) is 44.7 Å². The Balaban J connectivity index is 1.48. The van der Waals surface area contributed by atoms with Gasteiger partial charge >= 0.3 is 0 Å². The molecule has 0 radical (unpaired) electrons. The maximum atomic E-state index is 10.2. The molecule has 1 fully saturated rings. The van der Waals surface area contributed by atoms with Crippen LogP contribution in [0, 0.1) is 6.92 Å². The molecular formula is C23H32N2O4. The van der Waals surface area contributed by atoms with Crippen LogP contribution in [-0.4, -0.2) is 80.2 Å². The van der Waals surface area contributed by atoms with E-state index in [2.05, 4.69) is 28.9 Å². The van der Waals surface area contributed by atoms with E-state index in [0.717, 1.165) is 70.4 Å². The first-order valence-electron chi connectivity index (χ1n) is 10.9. The van der Waals surface area contributed by atoms with Gasteiger partial charge in [0.1, 0.15) is 6.10 Å². The highest BCUT2D eigenvalue weighted by Crippen LogP contribution is 2.56. The standard InChI is InChI=1S/C23H32N2O4/c1-16-13-19(27-2)22-21-18(16)15-25(8-7-24-9-11-28-12-10-24)6-5-23(21)4-3-17(26)14-20(23)29-22/h3-4,13,17,20,26H,5-12,14-15H2,1-2H3/t17-,20-,23+/m0/s1. The first-order valence-corrected chi connectivity index (χ1v) is 10.9. The molecule has 0 aromatic heterocycles. The van der Waals surface area contributed by atoms with E-state index in [4.69, 9.17) is 14.2 Å². The molecule has 1 aliphatic carbocycles. The smallest absolute Gasteiger partial charge is 0.166 e. The van der Waals surface area contributed by atoms with E-state index >= 15 is 0 Å². The van der Waals surface area contributed by atoms with Crippen molar-refractivity contribution in [1.82, 2.24) is 9.80 Å². The van der Waals surface area contributed by atoms with Gasteiger partial charge in [-0.05, 0) is 37.1 Å². The Morgan fingerprint density at radius 2 is 2.00 bits per heavy atom. The number of benzene rings is 1. The van der Waals surface area contributed by atoms with Gasteiger partial charge in [0.15, 0.2) is 11.5 Å². The van der Waals surface area contributed by atoms with Crippen molar-refractivity contribution in [1.29, 1.82) is 0 Å². The van der Waals surface area contributed by atoms with E-state index in [1.807, 2.05) is 6.08 Å². The molecule has 0 bridgehead atoms. The third-order valence-corrected chi connectivity index (χ3v) is 7.23. The lowest BCUT2D eigenvalue weighted by Crippen LogP contribution is -2.44. The average Bonchev–Trinajstić information content (AvgIpc) is 2.96. The molecule has 1 spiro atoms. The third-order valence-electron chi connectivity index (χ3n) is 7.23. The summed E-state index contributed by atoms with van der Waals surface area (Å²) in [6.07, 6.45) is 5.39. The molecule has 158 valence electrons. The van der Waals surface area contributed by atoms with E-state index in [1.165, 1.54) is 16.7 Å². The van der Waals surface area contributed by atoms with Gasteiger partial charge in [0.2, 0.25) is 0 Å². The van der Waals surface area contributed by atoms with Crippen molar-refractivity contribution in [3.05, 3.63) is 34.9 Å². The number of ether oxygens (including phenoxy) is 3. The number of methoxy groups -OCH3 is 1. The van der Waals surface area contributed by atoms with Crippen LogP contribution in [0.4, 0.5) is 0 Å². The lowest BCUT2D eigenvalue weighted by Gasteiger charge is -2.36. The van der Waals surface area contributed by atoms with Crippen molar-refractivity contribution in [2.45, 2.75) is 43.9 Å². The molecule has 4 aliphatic rings. The third kappa shape index (κ3) is 3.26. The van der Waals surface area contributed by atoms with Crippen LogP contribution in [0.1, 0.15) is 29.5 Å². The van der Waals surface area contributed by atoms with E-state index < -0.39 is 6.10 Å². The summed E-state index contributed by atoms with van der Waals surface area (Å²) in [5, 5.41) is 10.2. The Bertz CT molecular complexity index is 805. The zero-order valence-corrected chi connectivity index (χ0v) is 17.5. The van der Waals surface area contributed by atoms with E-state index in [-0.39, 0.29) is 11.5 Å². The fraction of sp³-hybridized carbons (Fsp3) is 0.652. The van der Waals surface area contributed by atoms with Crippen molar-refractivity contribution in [2.24, 2.45) is 0 Å². The van der Waals surface area contributed by atoms with Gasteiger partial charge in [-0.3, -0.25) is 9.80 Å². The van der Waals surface area contributed by atoms with Gasteiger partial charge in [0.05, 0.1) is 31.8 Å². The highest BCUT2D eigenvalue weighted by molar-refractivity contribution is 5.63. The van der Waals surface area contributed by atoms with Gasteiger partial charge in [-0.1, -0.05) is 12.2 Å². The maximum absolute atomic E-state index is 10.2. The normalized spacial score (nSPS) is 31.7. The number of aliphatic hydroxyl groups is 1. The Morgan fingerprint density at radius 3 is 2.79 bits per heavy atom. The minimum atomic E-state index is -0.434. The molecule has 29 heavy (non-hydrogen) atoms. The van der Waals surface area contributed by atoms with Crippen LogP contribution in [0.2, 0.25) is 0 Å². The minimum Gasteiger partial charge on any atom is -0.493 e. The Kier molecular flexibility index (Phi) is 5.06. The van der Waals surface area contributed by atoms with Crippen LogP contribution >= 0.6 is 0 Å². The van der Waals surface area contributed by atoms with Crippen LogP contribution in [0.3, 0.4) is 0 Å². The summed E-state index contributed by atoms with van der Waals surface area (Å²) < 4.78 is 17.6. The van der Waals surface area contributed by atoms with Gasteiger partial charge < -0.3 is 19.3 Å².